The van der Waals surface area contributed by atoms with E-state index in [1.807, 2.05) is 11.8 Å². The highest BCUT2D eigenvalue weighted by atomic mass is 32.2. The Morgan fingerprint density at radius 2 is 2.13 bits per heavy atom. The van der Waals surface area contributed by atoms with Crippen molar-refractivity contribution in [2.75, 3.05) is 12.8 Å². The van der Waals surface area contributed by atoms with Crippen LogP contribution in [0.5, 0.6) is 0 Å². The number of nitrogens with zero attached hydrogens (tertiary/aromatic N) is 1. The average molecular weight is 229 g/mol. The van der Waals surface area contributed by atoms with Gasteiger partial charge in [-0.05, 0) is 24.5 Å². The Labute approximate surface area is 97.3 Å². The molecule has 0 aliphatic heterocycles. The molecule has 0 aromatic carbocycles. The van der Waals surface area contributed by atoms with Gasteiger partial charge in [0.15, 0.2) is 5.96 Å². The Morgan fingerprint density at radius 3 is 2.53 bits per heavy atom. The first-order valence-corrected chi connectivity index (χ1v) is 6.81. The molecule has 3 N–H and O–H groups in total. The van der Waals surface area contributed by atoms with Gasteiger partial charge in [-0.3, -0.25) is 4.99 Å². The summed E-state index contributed by atoms with van der Waals surface area (Å²) in [6, 6.07) is 0.594. The second kappa shape index (κ2) is 5.10. The second-order valence-electron chi connectivity index (χ2n) is 5.23. The first-order chi connectivity index (χ1) is 6.93. The molecule has 0 bridgehead atoms. The van der Waals surface area contributed by atoms with Crippen molar-refractivity contribution in [2.45, 2.75) is 44.9 Å². The second-order valence-corrected chi connectivity index (χ2v) is 6.28. The van der Waals surface area contributed by atoms with Gasteiger partial charge in [-0.2, -0.15) is 11.8 Å². The SMILES string of the molecule is CSC(CN=C(N)NC1CC1)C(C)(C)C. The quantitative estimate of drug-likeness (QED) is 0.571. The van der Waals surface area contributed by atoms with Crippen LogP contribution in [0.15, 0.2) is 4.99 Å². The number of thioether (sulfide) groups is 1. The molecule has 0 amide bonds. The summed E-state index contributed by atoms with van der Waals surface area (Å²) in [5.41, 5.74) is 6.07. The molecule has 0 saturated heterocycles. The molecule has 4 heteroatoms. The molecule has 88 valence electrons. The van der Waals surface area contributed by atoms with E-state index in [1.54, 1.807) is 0 Å². The number of guanidine groups is 1. The zero-order chi connectivity index (χ0) is 11.5. The monoisotopic (exact) mass is 229 g/mol. The number of hydrogen-bond donors (Lipinski definition) is 2. The molecule has 15 heavy (non-hydrogen) atoms. The topological polar surface area (TPSA) is 50.4 Å². The van der Waals surface area contributed by atoms with Crippen molar-refractivity contribution in [3.05, 3.63) is 0 Å². The average Bonchev–Trinajstić information content (AvgIpc) is 2.86. The highest BCUT2D eigenvalue weighted by Gasteiger charge is 2.24. The van der Waals surface area contributed by atoms with Gasteiger partial charge in [0, 0.05) is 11.3 Å². The van der Waals surface area contributed by atoms with E-state index in [0.29, 0.717) is 17.3 Å². The van der Waals surface area contributed by atoms with E-state index in [9.17, 15) is 0 Å². The molecule has 3 nitrogen and oxygen atoms in total. The van der Waals surface area contributed by atoms with Crippen LogP contribution in [0.3, 0.4) is 0 Å². The van der Waals surface area contributed by atoms with Gasteiger partial charge in [0.05, 0.1) is 6.54 Å². The van der Waals surface area contributed by atoms with E-state index in [2.05, 4.69) is 37.3 Å². The van der Waals surface area contributed by atoms with Crippen molar-refractivity contribution in [2.24, 2.45) is 16.1 Å². The predicted molar refractivity (Wildman–Crippen MR) is 69.4 cm³/mol. The Morgan fingerprint density at radius 1 is 1.53 bits per heavy atom. The fourth-order valence-corrected chi connectivity index (χ4v) is 2.30. The van der Waals surface area contributed by atoms with Crippen LogP contribution in [0.4, 0.5) is 0 Å². The molecule has 0 aromatic rings. The number of hydrogen-bond acceptors (Lipinski definition) is 2. The first kappa shape index (κ1) is 12.7. The molecule has 1 saturated carbocycles. The summed E-state index contributed by atoms with van der Waals surface area (Å²) in [6.07, 6.45) is 4.61. The van der Waals surface area contributed by atoms with Gasteiger partial charge >= 0.3 is 0 Å². The molecule has 0 radical (unpaired) electrons. The summed E-state index contributed by atoms with van der Waals surface area (Å²) in [6.45, 7) is 7.53. The molecule has 1 fully saturated rings. The minimum absolute atomic E-state index is 0.281. The summed E-state index contributed by atoms with van der Waals surface area (Å²) in [5, 5.41) is 3.73. The Balaban J connectivity index is 2.37. The summed E-state index contributed by atoms with van der Waals surface area (Å²) >= 11 is 1.86. The molecular formula is C11H23N3S. The van der Waals surface area contributed by atoms with E-state index in [1.165, 1.54) is 12.8 Å². The summed E-state index contributed by atoms with van der Waals surface area (Å²) < 4.78 is 0. The van der Waals surface area contributed by atoms with Gasteiger partial charge in [-0.1, -0.05) is 20.8 Å². The number of aliphatic imine (C=N–C) groups is 1. The largest absolute Gasteiger partial charge is 0.370 e. The molecule has 0 heterocycles. The lowest BCUT2D eigenvalue weighted by atomic mass is 9.92. The van der Waals surface area contributed by atoms with Gasteiger partial charge in [0.1, 0.15) is 0 Å². The van der Waals surface area contributed by atoms with Crippen LogP contribution in [0.2, 0.25) is 0 Å². The minimum Gasteiger partial charge on any atom is -0.370 e. The molecular weight excluding hydrogens is 206 g/mol. The third-order valence-corrected chi connectivity index (χ3v) is 4.03. The maximum absolute atomic E-state index is 5.79. The maximum atomic E-state index is 5.79. The Kier molecular flexibility index (Phi) is 4.32. The number of rotatable bonds is 4. The lowest BCUT2D eigenvalue weighted by molar-refractivity contribution is 0.399. The number of nitrogens with two attached hydrogens (primary N) is 1. The van der Waals surface area contributed by atoms with Crippen LogP contribution >= 0.6 is 11.8 Å². The minimum atomic E-state index is 0.281. The lowest BCUT2D eigenvalue weighted by Gasteiger charge is -2.27. The fourth-order valence-electron chi connectivity index (χ4n) is 1.37. The van der Waals surface area contributed by atoms with Crippen LogP contribution in [0, 0.1) is 5.41 Å². The van der Waals surface area contributed by atoms with Gasteiger partial charge in [-0.15, -0.1) is 0 Å². The van der Waals surface area contributed by atoms with Crippen LogP contribution in [0.25, 0.3) is 0 Å². The van der Waals surface area contributed by atoms with E-state index >= 15 is 0 Å². The van der Waals surface area contributed by atoms with Crippen molar-refractivity contribution < 1.29 is 0 Å². The van der Waals surface area contributed by atoms with E-state index < -0.39 is 0 Å². The highest BCUT2D eigenvalue weighted by Crippen LogP contribution is 2.28. The van der Waals surface area contributed by atoms with Crippen molar-refractivity contribution in [1.82, 2.24) is 5.32 Å². The molecule has 1 atom stereocenters. The lowest BCUT2D eigenvalue weighted by Crippen LogP contribution is -2.35. The van der Waals surface area contributed by atoms with E-state index in [-0.39, 0.29) is 5.41 Å². The molecule has 1 rings (SSSR count). The third kappa shape index (κ3) is 4.78. The van der Waals surface area contributed by atoms with Crippen molar-refractivity contribution in [1.29, 1.82) is 0 Å². The first-order valence-electron chi connectivity index (χ1n) is 5.52. The number of nitrogens with one attached hydrogen (secondary N) is 1. The van der Waals surface area contributed by atoms with Crippen LogP contribution in [-0.4, -0.2) is 30.1 Å². The summed E-state index contributed by atoms with van der Waals surface area (Å²) in [7, 11) is 0. The summed E-state index contributed by atoms with van der Waals surface area (Å²) in [4.78, 5) is 4.40. The highest BCUT2D eigenvalue weighted by molar-refractivity contribution is 7.99. The molecule has 1 aliphatic carbocycles. The third-order valence-electron chi connectivity index (χ3n) is 2.61. The Bertz CT molecular complexity index is 228. The van der Waals surface area contributed by atoms with Gasteiger partial charge in [-0.25, -0.2) is 0 Å². The molecule has 1 unspecified atom stereocenters. The van der Waals surface area contributed by atoms with Crippen LogP contribution in [-0.2, 0) is 0 Å². The molecule has 0 aromatic heterocycles. The maximum Gasteiger partial charge on any atom is 0.188 e. The van der Waals surface area contributed by atoms with Crippen LogP contribution < -0.4 is 11.1 Å². The Hall–Kier alpha value is -0.380. The van der Waals surface area contributed by atoms with Gasteiger partial charge in [0.25, 0.3) is 0 Å². The van der Waals surface area contributed by atoms with E-state index in [0.717, 1.165) is 6.54 Å². The van der Waals surface area contributed by atoms with Gasteiger partial charge < -0.3 is 11.1 Å². The molecule has 1 aliphatic rings. The zero-order valence-electron chi connectivity index (χ0n) is 10.2. The zero-order valence-corrected chi connectivity index (χ0v) is 11.0. The normalized spacial score (nSPS) is 20.1. The standard InChI is InChI=1S/C11H23N3S/c1-11(2,3)9(15-4)7-13-10(12)14-8-5-6-8/h8-9H,5-7H2,1-4H3,(H3,12,13,14). The predicted octanol–water partition coefficient (Wildman–Crippen LogP) is 1.83. The summed E-state index contributed by atoms with van der Waals surface area (Å²) in [5.74, 6) is 0.612. The van der Waals surface area contributed by atoms with Crippen LogP contribution in [0.1, 0.15) is 33.6 Å². The van der Waals surface area contributed by atoms with Crippen molar-refractivity contribution in [3.63, 3.8) is 0 Å². The van der Waals surface area contributed by atoms with Crippen molar-refractivity contribution >= 4 is 17.7 Å². The van der Waals surface area contributed by atoms with Crippen molar-refractivity contribution in [3.8, 4) is 0 Å². The smallest absolute Gasteiger partial charge is 0.188 e. The van der Waals surface area contributed by atoms with Gasteiger partial charge in [0.2, 0.25) is 0 Å². The molecule has 0 spiro atoms. The fraction of sp³-hybridized carbons (Fsp3) is 0.909. The van der Waals surface area contributed by atoms with E-state index in [4.69, 9.17) is 5.73 Å².